The minimum atomic E-state index is 0. The first-order valence-electron chi connectivity index (χ1n) is 9.73. The summed E-state index contributed by atoms with van der Waals surface area (Å²) in [5.41, 5.74) is 1.41. The van der Waals surface area contributed by atoms with Crippen LogP contribution in [0.2, 0.25) is 0 Å². The highest BCUT2D eigenvalue weighted by Gasteiger charge is 2.60. The van der Waals surface area contributed by atoms with Gasteiger partial charge in [0.1, 0.15) is 5.01 Å². The second-order valence-corrected chi connectivity index (χ2v) is 10.00. The number of carbonyl (C=O) groups excluding carboxylic acids is 1. The predicted octanol–water partition coefficient (Wildman–Crippen LogP) is 4.80. The Labute approximate surface area is 178 Å². The van der Waals surface area contributed by atoms with Crippen LogP contribution >= 0.6 is 35.1 Å². The van der Waals surface area contributed by atoms with Gasteiger partial charge in [0.15, 0.2) is 0 Å². The molecule has 2 bridgehead atoms. The van der Waals surface area contributed by atoms with Crippen molar-refractivity contribution in [1.29, 1.82) is 0 Å². The molecule has 1 aliphatic carbocycles. The van der Waals surface area contributed by atoms with Crippen molar-refractivity contribution in [1.82, 2.24) is 15.2 Å². The number of halogens is 1. The van der Waals surface area contributed by atoms with Crippen molar-refractivity contribution in [2.75, 3.05) is 13.1 Å². The standard InChI is InChI=1S/C21H21N3OS2.ClH/c25-19(23-18-13-4-9-24(10-5-13)21(18)6-7-21)16-12-14-2-1-3-15(17(14)27-16)20-22-8-11-26-20;/h1-3,8,11-13,18H,4-7,9-10H2,(H,23,25);1H. The second-order valence-electron chi connectivity index (χ2n) is 8.05. The molecule has 1 unspecified atom stereocenters. The highest BCUT2D eigenvalue weighted by atomic mass is 35.5. The average Bonchev–Trinajstić information content (AvgIpc) is 3.11. The van der Waals surface area contributed by atoms with E-state index >= 15 is 0 Å². The topological polar surface area (TPSA) is 45.2 Å². The summed E-state index contributed by atoms with van der Waals surface area (Å²) in [7, 11) is 0. The summed E-state index contributed by atoms with van der Waals surface area (Å²) in [4.78, 5) is 21.1. The zero-order valence-electron chi connectivity index (χ0n) is 15.4. The zero-order valence-corrected chi connectivity index (χ0v) is 17.8. The number of thiophene rings is 1. The van der Waals surface area contributed by atoms with Crippen LogP contribution in [-0.4, -0.2) is 40.5 Å². The van der Waals surface area contributed by atoms with Gasteiger partial charge < -0.3 is 5.32 Å². The van der Waals surface area contributed by atoms with E-state index in [9.17, 15) is 4.79 Å². The number of thiazole rings is 1. The van der Waals surface area contributed by atoms with E-state index in [1.54, 1.807) is 22.7 Å². The molecule has 4 nitrogen and oxygen atoms in total. The number of hydrogen-bond acceptors (Lipinski definition) is 5. The van der Waals surface area contributed by atoms with Crippen molar-refractivity contribution in [3.63, 3.8) is 0 Å². The summed E-state index contributed by atoms with van der Waals surface area (Å²) in [6.45, 7) is 2.44. The van der Waals surface area contributed by atoms with Gasteiger partial charge in [-0.2, -0.15) is 0 Å². The average molecular weight is 432 g/mol. The molecule has 28 heavy (non-hydrogen) atoms. The van der Waals surface area contributed by atoms with Crippen LogP contribution in [0.3, 0.4) is 0 Å². The second kappa shape index (κ2) is 6.80. The summed E-state index contributed by atoms with van der Waals surface area (Å²) in [5.74, 6) is 0.757. The van der Waals surface area contributed by atoms with Crippen molar-refractivity contribution in [2.24, 2.45) is 5.92 Å². The van der Waals surface area contributed by atoms with Gasteiger partial charge in [-0.1, -0.05) is 18.2 Å². The third-order valence-electron chi connectivity index (χ3n) is 6.70. The molecular weight excluding hydrogens is 410 g/mol. The molecule has 4 fully saturated rings. The molecule has 3 aromatic rings. The van der Waals surface area contributed by atoms with Crippen molar-refractivity contribution in [3.8, 4) is 10.6 Å². The highest BCUT2D eigenvalue weighted by Crippen LogP contribution is 2.53. The molecule has 0 radical (unpaired) electrons. The fourth-order valence-corrected chi connectivity index (χ4v) is 7.04. The Hall–Kier alpha value is -1.47. The Kier molecular flexibility index (Phi) is 4.51. The van der Waals surface area contributed by atoms with E-state index in [4.69, 9.17) is 0 Å². The van der Waals surface area contributed by atoms with E-state index in [0.29, 0.717) is 12.0 Å². The quantitative estimate of drug-likeness (QED) is 0.647. The number of nitrogens with one attached hydrogen (secondary N) is 1. The fraction of sp³-hybridized carbons (Fsp3) is 0.429. The van der Waals surface area contributed by atoms with Gasteiger partial charge in [-0.05, 0) is 56.1 Å². The van der Waals surface area contributed by atoms with Crippen LogP contribution in [0.25, 0.3) is 20.7 Å². The molecule has 4 aliphatic rings. The Bertz CT molecular complexity index is 1020. The minimum absolute atomic E-state index is 0. The molecule has 1 spiro atoms. The van der Waals surface area contributed by atoms with Crippen LogP contribution in [0.4, 0.5) is 0 Å². The highest BCUT2D eigenvalue weighted by molar-refractivity contribution is 7.22. The van der Waals surface area contributed by atoms with Gasteiger partial charge >= 0.3 is 0 Å². The lowest BCUT2D eigenvalue weighted by molar-refractivity contribution is -0.00138. The van der Waals surface area contributed by atoms with Crippen LogP contribution in [-0.2, 0) is 0 Å². The van der Waals surface area contributed by atoms with Gasteiger partial charge in [0.25, 0.3) is 5.91 Å². The Morgan fingerprint density at radius 2 is 2.07 bits per heavy atom. The van der Waals surface area contributed by atoms with Crippen LogP contribution in [0.5, 0.6) is 0 Å². The van der Waals surface area contributed by atoms with Crippen molar-refractivity contribution in [3.05, 3.63) is 40.7 Å². The van der Waals surface area contributed by atoms with E-state index < -0.39 is 0 Å². The van der Waals surface area contributed by atoms with Crippen LogP contribution in [0, 0.1) is 5.92 Å². The Morgan fingerprint density at radius 3 is 2.79 bits per heavy atom. The lowest BCUT2D eigenvalue weighted by atomic mass is 9.77. The van der Waals surface area contributed by atoms with Gasteiger partial charge in [0.05, 0.1) is 10.9 Å². The predicted molar refractivity (Wildman–Crippen MR) is 118 cm³/mol. The van der Waals surface area contributed by atoms with Crippen molar-refractivity contribution in [2.45, 2.75) is 37.3 Å². The molecular formula is C21H22ClN3OS2. The van der Waals surface area contributed by atoms with Crippen molar-refractivity contribution >= 4 is 51.1 Å². The van der Waals surface area contributed by atoms with E-state index in [-0.39, 0.29) is 23.9 Å². The van der Waals surface area contributed by atoms with Crippen LogP contribution < -0.4 is 5.32 Å². The maximum atomic E-state index is 13.1. The fourth-order valence-electron chi connectivity index (χ4n) is 5.23. The molecule has 1 N–H and O–H groups in total. The first-order valence-corrected chi connectivity index (χ1v) is 11.4. The molecule has 1 atom stereocenters. The maximum Gasteiger partial charge on any atom is 0.261 e. The normalized spacial score (nSPS) is 26.9. The number of fused-ring (bicyclic) bond motifs is 3. The third-order valence-corrected chi connectivity index (χ3v) is 8.69. The van der Waals surface area contributed by atoms with Gasteiger partial charge in [0.2, 0.25) is 0 Å². The summed E-state index contributed by atoms with van der Waals surface area (Å²) in [6, 6.07) is 8.63. The van der Waals surface area contributed by atoms with E-state index in [2.05, 4.69) is 33.4 Å². The van der Waals surface area contributed by atoms with E-state index in [1.165, 1.54) is 38.8 Å². The SMILES string of the molecule is Cl.O=C(NC1C2CCN(CC2)C12CC2)c1cc2cccc(-c3nccs3)c2s1. The molecule has 1 saturated carbocycles. The Morgan fingerprint density at radius 1 is 1.25 bits per heavy atom. The zero-order chi connectivity index (χ0) is 18.0. The molecule has 7 rings (SSSR count). The lowest BCUT2D eigenvalue weighted by Crippen LogP contribution is -2.65. The summed E-state index contributed by atoms with van der Waals surface area (Å²) in [6.07, 6.45) is 6.79. The number of amides is 1. The molecule has 2 aromatic heterocycles. The number of nitrogens with zero attached hydrogens (tertiary/aromatic N) is 2. The monoisotopic (exact) mass is 431 g/mol. The third kappa shape index (κ3) is 2.73. The van der Waals surface area contributed by atoms with Crippen molar-refractivity contribution < 1.29 is 4.79 Å². The largest absolute Gasteiger partial charge is 0.346 e. The molecule has 7 heteroatoms. The van der Waals surface area contributed by atoms with Gasteiger partial charge in [-0.3, -0.25) is 9.69 Å². The maximum absolute atomic E-state index is 13.1. The summed E-state index contributed by atoms with van der Waals surface area (Å²) in [5, 5.41) is 7.60. The van der Waals surface area contributed by atoms with Gasteiger partial charge in [0, 0.05) is 27.4 Å². The molecule has 1 amide bonds. The van der Waals surface area contributed by atoms with E-state index in [1.807, 2.05) is 17.6 Å². The first kappa shape index (κ1) is 18.6. The number of piperidine rings is 3. The summed E-state index contributed by atoms with van der Waals surface area (Å²) >= 11 is 3.24. The lowest BCUT2D eigenvalue weighted by Gasteiger charge is -2.52. The number of carbonyl (C=O) groups is 1. The Balaban J connectivity index is 0.00000171. The van der Waals surface area contributed by atoms with Crippen LogP contribution in [0.15, 0.2) is 35.8 Å². The minimum Gasteiger partial charge on any atom is -0.346 e. The van der Waals surface area contributed by atoms with Gasteiger partial charge in [-0.15, -0.1) is 35.1 Å². The smallest absolute Gasteiger partial charge is 0.261 e. The number of benzene rings is 1. The first-order chi connectivity index (χ1) is 13.2. The molecule has 3 aliphatic heterocycles. The number of rotatable bonds is 3. The van der Waals surface area contributed by atoms with Crippen LogP contribution in [0.1, 0.15) is 35.4 Å². The molecule has 146 valence electrons. The van der Waals surface area contributed by atoms with Gasteiger partial charge in [-0.25, -0.2) is 4.98 Å². The molecule has 3 saturated heterocycles. The van der Waals surface area contributed by atoms with E-state index in [0.717, 1.165) is 25.5 Å². The molecule has 1 aromatic carbocycles. The number of hydrogen-bond donors (Lipinski definition) is 1. The molecule has 5 heterocycles. The number of aromatic nitrogens is 1. The summed E-state index contributed by atoms with van der Waals surface area (Å²) < 4.78 is 1.16.